The molecule has 0 unspecified atom stereocenters. The van der Waals surface area contributed by atoms with Crippen LogP contribution >= 0.6 is 11.8 Å². The highest BCUT2D eigenvalue weighted by Gasteiger charge is 2.14. The number of hydrogen-bond donors (Lipinski definition) is 1. The number of nitrogens with one attached hydrogen (secondary N) is 1. The third kappa shape index (κ3) is 4.85. The standard InChI is InChI=1S/C25H26N4O3S/c1-5-32-24(31)18-6-8-19(9-7-18)26-22(30)10-11-33-25-28-27-21-14-16(3)20-13-15(2)12-17(4)23(20)29(21)25/h6-9,12-14H,5,10-11H2,1-4H3,(H,26,30). The van der Waals surface area contributed by atoms with Crippen molar-refractivity contribution in [2.24, 2.45) is 0 Å². The van der Waals surface area contributed by atoms with Gasteiger partial charge in [0, 0.05) is 23.2 Å². The zero-order valence-electron chi connectivity index (χ0n) is 19.1. The van der Waals surface area contributed by atoms with Gasteiger partial charge in [-0.1, -0.05) is 23.4 Å². The number of amides is 1. The highest BCUT2D eigenvalue weighted by Crippen LogP contribution is 2.29. The molecule has 0 aliphatic rings. The molecule has 0 bridgehead atoms. The van der Waals surface area contributed by atoms with Crippen LogP contribution in [0.5, 0.6) is 0 Å². The van der Waals surface area contributed by atoms with Gasteiger partial charge in [0.15, 0.2) is 10.8 Å². The van der Waals surface area contributed by atoms with Crippen molar-refractivity contribution >= 4 is 45.9 Å². The van der Waals surface area contributed by atoms with Crippen LogP contribution < -0.4 is 5.32 Å². The van der Waals surface area contributed by atoms with Gasteiger partial charge in [-0.15, -0.1) is 10.2 Å². The van der Waals surface area contributed by atoms with Crippen LogP contribution in [0.1, 0.15) is 40.4 Å². The molecule has 8 heteroatoms. The van der Waals surface area contributed by atoms with E-state index in [1.807, 2.05) is 6.07 Å². The smallest absolute Gasteiger partial charge is 0.338 e. The summed E-state index contributed by atoms with van der Waals surface area (Å²) in [4.78, 5) is 24.2. The number of aromatic nitrogens is 3. The van der Waals surface area contributed by atoms with E-state index in [1.165, 1.54) is 33.8 Å². The molecule has 170 valence electrons. The number of pyridine rings is 1. The predicted octanol–water partition coefficient (Wildman–Crippen LogP) is 5.11. The molecule has 0 aliphatic heterocycles. The lowest BCUT2D eigenvalue weighted by Crippen LogP contribution is -2.12. The van der Waals surface area contributed by atoms with E-state index in [2.05, 4.69) is 52.8 Å². The molecule has 0 radical (unpaired) electrons. The summed E-state index contributed by atoms with van der Waals surface area (Å²) in [7, 11) is 0. The number of esters is 1. The average molecular weight is 463 g/mol. The van der Waals surface area contributed by atoms with E-state index in [0.29, 0.717) is 30.0 Å². The lowest BCUT2D eigenvalue weighted by Gasteiger charge is -2.11. The van der Waals surface area contributed by atoms with E-state index in [1.54, 1.807) is 31.2 Å². The molecule has 4 aromatic rings. The monoisotopic (exact) mass is 462 g/mol. The Bertz CT molecular complexity index is 1350. The zero-order chi connectivity index (χ0) is 23.5. The third-order valence-electron chi connectivity index (χ3n) is 5.34. The van der Waals surface area contributed by atoms with E-state index in [0.717, 1.165) is 16.3 Å². The van der Waals surface area contributed by atoms with Gasteiger partial charge >= 0.3 is 5.97 Å². The van der Waals surface area contributed by atoms with Crippen molar-refractivity contribution in [3.63, 3.8) is 0 Å². The molecule has 1 N–H and O–H groups in total. The quantitative estimate of drug-likeness (QED) is 0.304. The van der Waals surface area contributed by atoms with Gasteiger partial charge in [-0.25, -0.2) is 4.79 Å². The van der Waals surface area contributed by atoms with Gasteiger partial charge in [-0.2, -0.15) is 0 Å². The van der Waals surface area contributed by atoms with Crippen LogP contribution in [0.15, 0.2) is 47.6 Å². The maximum atomic E-state index is 12.4. The Kier molecular flexibility index (Phi) is 6.65. The number of rotatable bonds is 7. The van der Waals surface area contributed by atoms with Gasteiger partial charge in [0.1, 0.15) is 0 Å². The van der Waals surface area contributed by atoms with Crippen molar-refractivity contribution in [3.8, 4) is 0 Å². The number of fused-ring (bicyclic) bond motifs is 3. The highest BCUT2D eigenvalue weighted by atomic mass is 32.2. The number of ether oxygens (including phenoxy) is 1. The molecule has 0 saturated heterocycles. The summed E-state index contributed by atoms with van der Waals surface area (Å²) in [6, 6.07) is 13.1. The van der Waals surface area contributed by atoms with Crippen LogP contribution in [0, 0.1) is 20.8 Å². The number of carbonyl (C=O) groups excluding carboxylic acids is 2. The highest BCUT2D eigenvalue weighted by molar-refractivity contribution is 7.99. The summed E-state index contributed by atoms with van der Waals surface area (Å²) in [5.74, 6) is 0.0847. The zero-order valence-corrected chi connectivity index (χ0v) is 20.0. The summed E-state index contributed by atoms with van der Waals surface area (Å²) in [5, 5.41) is 13.5. The first-order valence-electron chi connectivity index (χ1n) is 10.8. The SMILES string of the molecule is CCOC(=O)c1ccc(NC(=O)CCSc2nnc3cc(C)c4cc(C)cc(C)c4n23)cc1. The van der Waals surface area contributed by atoms with Crippen molar-refractivity contribution in [1.29, 1.82) is 0 Å². The molecule has 2 aromatic heterocycles. The molecule has 33 heavy (non-hydrogen) atoms. The maximum Gasteiger partial charge on any atom is 0.338 e. The fraction of sp³-hybridized carbons (Fsp3) is 0.280. The molecule has 0 fully saturated rings. The Hall–Kier alpha value is -3.39. The van der Waals surface area contributed by atoms with E-state index in [4.69, 9.17) is 4.74 Å². The number of hydrogen-bond acceptors (Lipinski definition) is 6. The molecular formula is C25H26N4O3S. The Morgan fingerprint density at radius 2 is 1.79 bits per heavy atom. The van der Waals surface area contributed by atoms with Crippen LogP contribution in [0.3, 0.4) is 0 Å². The van der Waals surface area contributed by atoms with Gasteiger partial charge in [-0.3, -0.25) is 9.20 Å². The van der Waals surface area contributed by atoms with Crippen LogP contribution in [0.2, 0.25) is 0 Å². The Morgan fingerprint density at radius 3 is 2.52 bits per heavy atom. The van der Waals surface area contributed by atoms with Gasteiger partial charge in [0.2, 0.25) is 5.91 Å². The molecule has 0 aliphatic carbocycles. The van der Waals surface area contributed by atoms with Gasteiger partial charge in [-0.05, 0) is 75.2 Å². The van der Waals surface area contributed by atoms with Crippen molar-refractivity contribution in [2.45, 2.75) is 39.3 Å². The number of anilines is 1. The van der Waals surface area contributed by atoms with E-state index in [9.17, 15) is 9.59 Å². The van der Waals surface area contributed by atoms with E-state index < -0.39 is 0 Å². The topological polar surface area (TPSA) is 85.6 Å². The summed E-state index contributed by atoms with van der Waals surface area (Å²) >= 11 is 1.51. The van der Waals surface area contributed by atoms with Crippen molar-refractivity contribution < 1.29 is 14.3 Å². The van der Waals surface area contributed by atoms with Gasteiger partial charge < -0.3 is 10.1 Å². The first-order valence-corrected chi connectivity index (χ1v) is 11.8. The number of nitrogens with zero attached hydrogens (tertiary/aromatic N) is 3. The third-order valence-corrected chi connectivity index (χ3v) is 6.27. The fourth-order valence-electron chi connectivity index (χ4n) is 3.87. The molecule has 0 saturated carbocycles. The summed E-state index contributed by atoms with van der Waals surface area (Å²) in [6.07, 6.45) is 0.321. The number of aryl methyl sites for hydroxylation is 3. The van der Waals surface area contributed by atoms with Crippen LogP contribution in [-0.2, 0) is 9.53 Å². The van der Waals surface area contributed by atoms with E-state index in [-0.39, 0.29) is 11.9 Å². The Balaban J connectivity index is 1.44. The second-order valence-corrected chi connectivity index (χ2v) is 8.99. The minimum atomic E-state index is -0.375. The molecule has 2 heterocycles. The minimum absolute atomic E-state index is 0.104. The Morgan fingerprint density at radius 1 is 1.03 bits per heavy atom. The second kappa shape index (κ2) is 9.62. The molecule has 4 rings (SSSR count). The van der Waals surface area contributed by atoms with Gasteiger partial charge in [0.25, 0.3) is 0 Å². The lowest BCUT2D eigenvalue weighted by molar-refractivity contribution is -0.115. The predicted molar refractivity (Wildman–Crippen MR) is 131 cm³/mol. The molecule has 1 amide bonds. The maximum absolute atomic E-state index is 12.4. The van der Waals surface area contributed by atoms with Crippen molar-refractivity contribution in [1.82, 2.24) is 14.6 Å². The van der Waals surface area contributed by atoms with Crippen LogP contribution in [0.4, 0.5) is 5.69 Å². The summed E-state index contributed by atoms with van der Waals surface area (Å²) < 4.78 is 7.05. The molecular weight excluding hydrogens is 436 g/mol. The second-order valence-electron chi connectivity index (χ2n) is 7.93. The first kappa shape index (κ1) is 22.8. The minimum Gasteiger partial charge on any atom is -0.462 e. The number of thioether (sulfide) groups is 1. The lowest BCUT2D eigenvalue weighted by atomic mass is 10.0. The molecule has 0 atom stereocenters. The summed E-state index contributed by atoms with van der Waals surface area (Å²) in [6.45, 7) is 8.37. The molecule has 2 aromatic carbocycles. The fourth-order valence-corrected chi connectivity index (χ4v) is 4.75. The summed E-state index contributed by atoms with van der Waals surface area (Å²) in [5.41, 5.74) is 6.56. The van der Waals surface area contributed by atoms with Gasteiger partial charge in [0.05, 0.1) is 17.7 Å². The van der Waals surface area contributed by atoms with E-state index >= 15 is 0 Å². The Labute approximate surface area is 196 Å². The largest absolute Gasteiger partial charge is 0.462 e. The molecule has 0 spiro atoms. The normalized spacial score (nSPS) is 11.2. The average Bonchev–Trinajstić information content (AvgIpc) is 3.16. The first-order chi connectivity index (χ1) is 15.9. The van der Waals surface area contributed by atoms with Crippen LogP contribution in [0.25, 0.3) is 16.6 Å². The van der Waals surface area contributed by atoms with Crippen molar-refractivity contribution in [2.75, 3.05) is 17.7 Å². The number of benzene rings is 2. The number of carbonyl (C=O) groups is 2. The molecule has 7 nitrogen and oxygen atoms in total. The van der Waals surface area contributed by atoms with Crippen LogP contribution in [-0.4, -0.2) is 38.8 Å². The van der Waals surface area contributed by atoms with Crippen molar-refractivity contribution in [3.05, 3.63) is 64.7 Å².